The Hall–Kier alpha value is -3.35. The van der Waals surface area contributed by atoms with Gasteiger partial charge in [0.05, 0.1) is 11.8 Å². The Morgan fingerprint density at radius 1 is 1.06 bits per heavy atom. The van der Waals surface area contributed by atoms with Crippen LogP contribution in [0.25, 0.3) is 11.1 Å². The van der Waals surface area contributed by atoms with Gasteiger partial charge in [0.1, 0.15) is 6.61 Å². The molecule has 35 heavy (non-hydrogen) atoms. The van der Waals surface area contributed by atoms with E-state index in [1.54, 1.807) is 11.8 Å². The average Bonchev–Trinajstić information content (AvgIpc) is 3.16. The number of carbonyl (C=O) groups is 3. The van der Waals surface area contributed by atoms with Crippen molar-refractivity contribution in [3.05, 3.63) is 59.7 Å². The first kappa shape index (κ1) is 24.8. The van der Waals surface area contributed by atoms with Gasteiger partial charge in [-0.25, -0.2) is 4.79 Å². The number of carboxylic acid groups (broad SMARTS) is 1. The summed E-state index contributed by atoms with van der Waals surface area (Å²) in [6, 6.07) is 15.9. The Morgan fingerprint density at radius 3 is 2.23 bits per heavy atom. The molecule has 7 nitrogen and oxygen atoms in total. The van der Waals surface area contributed by atoms with Crippen LogP contribution < -0.4 is 5.32 Å². The van der Waals surface area contributed by atoms with E-state index in [-0.39, 0.29) is 36.9 Å². The molecule has 0 spiro atoms. The SMILES string of the molecule is CC(C)C(CNC(=O)OCC1c2ccccc2-c2ccccc21)C(=O)N1CCC[C@H](C(=O)O)[C@@H]1C. The van der Waals surface area contributed by atoms with E-state index in [1.807, 2.05) is 38.1 Å². The second kappa shape index (κ2) is 10.5. The number of ether oxygens (including phenoxy) is 1. The van der Waals surface area contributed by atoms with E-state index in [4.69, 9.17) is 4.74 Å². The highest BCUT2D eigenvalue weighted by atomic mass is 16.5. The van der Waals surface area contributed by atoms with Crippen LogP contribution in [0, 0.1) is 17.8 Å². The maximum Gasteiger partial charge on any atom is 0.407 e. The van der Waals surface area contributed by atoms with E-state index >= 15 is 0 Å². The summed E-state index contributed by atoms with van der Waals surface area (Å²) in [5.41, 5.74) is 4.61. The first-order chi connectivity index (χ1) is 16.8. The van der Waals surface area contributed by atoms with Crippen LogP contribution in [-0.4, -0.2) is 53.7 Å². The van der Waals surface area contributed by atoms with Gasteiger partial charge in [0.2, 0.25) is 5.91 Å². The number of carbonyl (C=O) groups excluding carboxylic acids is 2. The molecule has 2 aromatic carbocycles. The van der Waals surface area contributed by atoms with E-state index in [2.05, 4.69) is 29.6 Å². The number of hydrogen-bond acceptors (Lipinski definition) is 4. The van der Waals surface area contributed by atoms with Crippen molar-refractivity contribution in [3.63, 3.8) is 0 Å². The standard InChI is InChI=1S/C28H34N2O5/c1-17(2)24(26(31)30-14-8-13-19(18(30)3)27(32)33)15-29-28(34)35-16-25-22-11-6-4-9-20(22)21-10-5-7-12-23(21)25/h4-7,9-12,17-19,24-25H,8,13-16H2,1-3H3,(H,29,34)(H,32,33)/t18-,19-,24?/m0/s1. The van der Waals surface area contributed by atoms with E-state index in [1.165, 1.54) is 0 Å². The highest BCUT2D eigenvalue weighted by Gasteiger charge is 2.38. The average molecular weight is 479 g/mol. The van der Waals surface area contributed by atoms with Crippen LogP contribution in [0.2, 0.25) is 0 Å². The molecule has 0 radical (unpaired) electrons. The number of piperidine rings is 1. The Balaban J connectivity index is 1.37. The summed E-state index contributed by atoms with van der Waals surface area (Å²) < 4.78 is 5.61. The number of fused-ring (bicyclic) bond motifs is 3. The summed E-state index contributed by atoms with van der Waals surface area (Å²) in [6.07, 6.45) is 0.683. The molecule has 1 saturated heterocycles. The fraction of sp³-hybridized carbons (Fsp3) is 0.464. The highest BCUT2D eigenvalue weighted by Crippen LogP contribution is 2.44. The molecule has 1 unspecified atom stereocenters. The Morgan fingerprint density at radius 2 is 1.66 bits per heavy atom. The molecular formula is C28H34N2O5. The molecule has 0 aromatic heterocycles. The monoisotopic (exact) mass is 478 g/mol. The van der Waals surface area contributed by atoms with Crippen LogP contribution in [0.5, 0.6) is 0 Å². The van der Waals surface area contributed by atoms with Gasteiger partial charge in [-0.15, -0.1) is 0 Å². The first-order valence-electron chi connectivity index (χ1n) is 12.4. The van der Waals surface area contributed by atoms with E-state index in [0.29, 0.717) is 19.4 Å². The third kappa shape index (κ3) is 5.04. The third-order valence-electron chi connectivity index (χ3n) is 7.52. The van der Waals surface area contributed by atoms with Gasteiger partial charge in [-0.2, -0.15) is 0 Å². The topological polar surface area (TPSA) is 95.9 Å². The zero-order valence-corrected chi connectivity index (χ0v) is 20.6. The van der Waals surface area contributed by atoms with Gasteiger partial charge in [-0.05, 0) is 47.9 Å². The number of amides is 2. The molecule has 7 heteroatoms. The summed E-state index contributed by atoms with van der Waals surface area (Å²) >= 11 is 0. The van der Waals surface area contributed by atoms with E-state index in [0.717, 1.165) is 22.3 Å². The predicted molar refractivity (Wildman–Crippen MR) is 133 cm³/mol. The number of aliphatic carboxylic acids is 1. The molecule has 3 atom stereocenters. The van der Waals surface area contributed by atoms with Gasteiger partial charge < -0.3 is 20.1 Å². The van der Waals surface area contributed by atoms with Crippen LogP contribution in [0.15, 0.2) is 48.5 Å². The normalized spacial score (nSPS) is 20.2. The van der Waals surface area contributed by atoms with Crippen molar-refractivity contribution in [2.75, 3.05) is 19.7 Å². The summed E-state index contributed by atoms with van der Waals surface area (Å²) in [7, 11) is 0. The minimum Gasteiger partial charge on any atom is -0.481 e. The van der Waals surface area contributed by atoms with Gasteiger partial charge in [-0.3, -0.25) is 9.59 Å². The van der Waals surface area contributed by atoms with E-state index < -0.39 is 23.9 Å². The second-order valence-corrected chi connectivity index (χ2v) is 9.92. The summed E-state index contributed by atoms with van der Waals surface area (Å²) in [6.45, 7) is 6.57. The number of likely N-dealkylation sites (tertiary alicyclic amines) is 1. The number of carboxylic acids is 1. The Labute approximate surface area is 206 Å². The largest absolute Gasteiger partial charge is 0.481 e. The van der Waals surface area contributed by atoms with E-state index in [9.17, 15) is 19.5 Å². The molecule has 1 aliphatic heterocycles. The van der Waals surface area contributed by atoms with Crippen molar-refractivity contribution in [1.82, 2.24) is 10.2 Å². The molecule has 0 saturated carbocycles. The molecule has 1 heterocycles. The zero-order chi connectivity index (χ0) is 25.1. The molecule has 0 bridgehead atoms. The predicted octanol–water partition coefficient (Wildman–Crippen LogP) is 4.51. The summed E-state index contributed by atoms with van der Waals surface area (Å²) in [4.78, 5) is 39.2. The number of benzene rings is 2. The molecule has 1 fully saturated rings. The number of hydrogen-bond donors (Lipinski definition) is 2. The smallest absolute Gasteiger partial charge is 0.407 e. The lowest BCUT2D eigenvalue weighted by Crippen LogP contribution is -2.53. The van der Waals surface area contributed by atoms with Crippen molar-refractivity contribution in [3.8, 4) is 11.1 Å². The lowest BCUT2D eigenvalue weighted by atomic mass is 9.87. The molecule has 2 aromatic rings. The highest BCUT2D eigenvalue weighted by molar-refractivity contribution is 5.82. The molecule has 186 valence electrons. The Bertz CT molecular complexity index is 1050. The molecular weight excluding hydrogens is 444 g/mol. The van der Waals surface area contributed by atoms with Crippen molar-refractivity contribution in [1.29, 1.82) is 0 Å². The number of nitrogens with one attached hydrogen (secondary N) is 1. The van der Waals surface area contributed by atoms with Crippen LogP contribution in [-0.2, 0) is 14.3 Å². The maximum absolute atomic E-state index is 13.3. The lowest BCUT2D eigenvalue weighted by Gasteiger charge is -2.40. The van der Waals surface area contributed by atoms with Crippen molar-refractivity contribution in [2.45, 2.75) is 45.6 Å². The van der Waals surface area contributed by atoms with Crippen molar-refractivity contribution in [2.24, 2.45) is 17.8 Å². The fourth-order valence-electron chi connectivity index (χ4n) is 5.45. The van der Waals surface area contributed by atoms with Gasteiger partial charge >= 0.3 is 12.1 Å². The summed E-state index contributed by atoms with van der Waals surface area (Å²) in [5, 5.41) is 12.3. The van der Waals surface area contributed by atoms with Gasteiger partial charge in [0.25, 0.3) is 0 Å². The molecule has 2 amide bonds. The quantitative estimate of drug-likeness (QED) is 0.611. The minimum absolute atomic E-state index is 0.0196. The van der Waals surface area contributed by atoms with Crippen LogP contribution in [0.3, 0.4) is 0 Å². The molecule has 2 N–H and O–H groups in total. The minimum atomic E-state index is -0.868. The van der Waals surface area contributed by atoms with Crippen molar-refractivity contribution < 1.29 is 24.2 Å². The maximum atomic E-state index is 13.3. The lowest BCUT2D eigenvalue weighted by molar-refractivity contribution is -0.151. The van der Waals surface area contributed by atoms with Crippen LogP contribution in [0.4, 0.5) is 4.79 Å². The number of alkyl carbamates (subject to hydrolysis) is 1. The van der Waals surface area contributed by atoms with Crippen LogP contribution in [0.1, 0.15) is 50.7 Å². The van der Waals surface area contributed by atoms with Gasteiger partial charge in [-0.1, -0.05) is 62.4 Å². The van der Waals surface area contributed by atoms with Gasteiger partial charge in [0, 0.05) is 25.0 Å². The molecule has 1 aliphatic carbocycles. The van der Waals surface area contributed by atoms with Crippen LogP contribution >= 0.6 is 0 Å². The molecule has 2 aliphatic rings. The third-order valence-corrected chi connectivity index (χ3v) is 7.52. The first-order valence-corrected chi connectivity index (χ1v) is 12.4. The molecule has 4 rings (SSSR count). The second-order valence-electron chi connectivity index (χ2n) is 9.92. The summed E-state index contributed by atoms with van der Waals surface area (Å²) in [5.74, 6) is -2.04. The fourth-order valence-corrected chi connectivity index (χ4v) is 5.45. The number of nitrogens with zero attached hydrogens (tertiary/aromatic N) is 1. The van der Waals surface area contributed by atoms with Crippen molar-refractivity contribution >= 4 is 18.0 Å². The van der Waals surface area contributed by atoms with Gasteiger partial charge in [0.15, 0.2) is 0 Å². The Kier molecular flexibility index (Phi) is 7.43. The number of rotatable bonds is 7. The zero-order valence-electron chi connectivity index (χ0n) is 20.6.